The van der Waals surface area contributed by atoms with Crippen LogP contribution in [0.4, 0.5) is 0 Å². The van der Waals surface area contributed by atoms with Gasteiger partial charge in [-0.05, 0) is 68.7 Å². The van der Waals surface area contributed by atoms with Crippen LogP contribution in [0.2, 0.25) is 0 Å². The summed E-state index contributed by atoms with van der Waals surface area (Å²) >= 11 is 4.94. The summed E-state index contributed by atoms with van der Waals surface area (Å²) < 4.78 is 31.9. The van der Waals surface area contributed by atoms with E-state index >= 15 is 0 Å². The maximum atomic E-state index is 13.2. The third kappa shape index (κ3) is 4.48. The number of fused-ring (bicyclic) bond motifs is 1. The molecule has 1 aliphatic rings. The van der Waals surface area contributed by atoms with Crippen LogP contribution in [0.1, 0.15) is 49.9 Å². The number of thiazole rings is 1. The molecule has 2 heterocycles. The molecule has 1 aliphatic heterocycles. The second kappa shape index (κ2) is 9.59. The topological polar surface area (TPSA) is 71.7 Å². The van der Waals surface area contributed by atoms with E-state index in [-0.39, 0.29) is 16.8 Å². The first-order valence-corrected chi connectivity index (χ1v) is 13.9. The number of halogens is 1. The minimum absolute atomic E-state index is 0.0440. The molecule has 2 aromatic carbocycles. The maximum absolute atomic E-state index is 13.2. The lowest BCUT2D eigenvalue weighted by Gasteiger charge is -2.34. The van der Waals surface area contributed by atoms with E-state index in [0.717, 1.165) is 40.4 Å². The van der Waals surface area contributed by atoms with Crippen LogP contribution in [-0.4, -0.2) is 35.8 Å². The summed E-state index contributed by atoms with van der Waals surface area (Å²) in [5, 5.41) is 0. The molecule has 1 fully saturated rings. The molecular weight excluding hydrogens is 510 g/mol. The van der Waals surface area contributed by atoms with E-state index in [1.54, 1.807) is 16.4 Å². The Labute approximate surface area is 200 Å². The summed E-state index contributed by atoms with van der Waals surface area (Å²) in [4.78, 5) is 18.0. The van der Waals surface area contributed by atoms with Crippen LogP contribution in [0.5, 0.6) is 0 Å². The van der Waals surface area contributed by atoms with Crippen molar-refractivity contribution in [3.8, 4) is 0 Å². The summed E-state index contributed by atoms with van der Waals surface area (Å²) in [6.07, 6.45) is 3.65. The molecule has 0 radical (unpaired) electrons. The normalized spacial score (nSPS) is 18.3. The van der Waals surface area contributed by atoms with E-state index in [4.69, 9.17) is 0 Å². The summed E-state index contributed by atoms with van der Waals surface area (Å²) in [6.45, 7) is 5.29. The lowest BCUT2D eigenvalue weighted by Crippen LogP contribution is -2.43. The molecular formula is C23H26BrN3O3S2. The van der Waals surface area contributed by atoms with Gasteiger partial charge in [-0.15, -0.1) is 0 Å². The van der Waals surface area contributed by atoms with Crippen LogP contribution < -0.4 is 4.80 Å². The zero-order valence-corrected chi connectivity index (χ0v) is 21.3. The predicted octanol–water partition coefficient (Wildman–Crippen LogP) is 5.18. The van der Waals surface area contributed by atoms with Crippen LogP contribution in [0.15, 0.2) is 56.8 Å². The zero-order valence-electron chi connectivity index (χ0n) is 18.1. The number of rotatable bonds is 5. The van der Waals surface area contributed by atoms with Gasteiger partial charge in [-0.25, -0.2) is 8.42 Å². The Kier molecular flexibility index (Phi) is 7.00. The fourth-order valence-electron chi connectivity index (χ4n) is 4.19. The highest BCUT2D eigenvalue weighted by molar-refractivity contribution is 9.10. The molecule has 1 atom stereocenters. The molecule has 0 bridgehead atoms. The van der Waals surface area contributed by atoms with Gasteiger partial charge in [-0.3, -0.25) is 4.79 Å². The minimum atomic E-state index is -3.57. The maximum Gasteiger partial charge on any atom is 0.279 e. The second-order valence-electron chi connectivity index (χ2n) is 7.86. The van der Waals surface area contributed by atoms with Crippen molar-refractivity contribution in [2.75, 3.05) is 6.54 Å². The Morgan fingerprint density at radius 3 is 2.59 bits per heavy atom. The molecule has 0 saturated carbocycles. The second-order valence-corrected chi connectivity index (χ2v) is 11.7. The largest absolute Gasteiger partial charge is 0.317 e. The number of aryl methyl sites for hydroxylation is 1. The quantitative estimate of drug-likeness (QED) is 0.451. The summed E-state index contributed by atoms with van der Waals surface area (Å²) in [6, 6.07) is 12.2. The number of benzene rings is 2. The molecule has 1 aromatic heterocycles. The van der Waals surface area contributed by atoms with Crippen molar-refractivity contribution in [3.05, 3.63) is 57.3 Å². The van der Waals surface area contributed by atoms with Crippen LogP contribution in [-0.2, 0) is 16.6 Å². The van der Waals surface area contributed by atoms with Gasteiger partial charge in [0.1, 0.15) is 0 Å². The SMILES string of the molecule is CCC1CCCCN1S(=O)(=O)c1ccc(C(=O)N=c2sc3cc(Br)ccc3n2CC)cc1. The Morgan fingerprint density at radius 1 is 1.16 bits per heavy atom. The van der Waals surface area contributed by atoms with Gasteiger partial charge in [0.15, 0.2) is 4.80 Å². The number of hydrogen-bond acceptors (Lipinski definition) is 4. The third-order valence-electron chi connectivity index (χ3n) is 5.91. The van der Waals surface area contributed by atoms with Crippen molar-refractivity contribution in [1.29, 1.82) is 0 Å². The van der Waals surface area contributed by atoms with E-state index in [9.17, 15) is 13.2 Å². The van der Waals surface area contributed by atoms with Crippen molar-refractivity contribution in [2.24, 2.45) is 4.99 Å². The first-order valence-electron chi connectivity index (χ1n) is 10.8. The molecule has 0 spiro atoms. The van der Waals surface area contributed by atoms with Crippen molar-refractivity contribution < 1.29 is 13.2 Å². The number of hydrogen-bond donors (Lipinski definition) is 0. The summed E-state index contributed by atoms with van der Waals surface area (Å²) in [5.41, 5.74) is 1.40. The highest BCUT2D eigenvalue weighted by atomic mass is 79.9. The van der Waals surface area contributed by atoms with Gasteiger partial charge >= 0.3 is 0 Å². The number of aromatic nitrogens is 1. The number of carbonyl (C=O) groups is 1. The fourth-order valence-corrected chi connectivity index (χ4v) is 7.60. The molecule has 9 heteroatoms. The third-order valence-corrected chi connectivity index (χ3v) is 9.41. The molecule has 6 nitrogen and oxygen atoms in total. The Balaban J connectivity index is 1.63. The summed E-state index contributed by atoms with van der Waals surface area (Å²) in [7, 11) is -3.57. The van der Waals surface area contributed by atoms with Crippen molar-refractivity contribution in [2.45, 2.75) is 57.0 Å². The van der Waals surface area contributed by atoms with Crippen LogP contribution >= 0.6 is 27.3 Å². The van der Waals surface area contributed by atoms with E-state index in [1.807, 2.05) is 36.6 Å². The van der Waals surface area contributed by atoms with E-state index in [2.05, 4.69) is 20.9 Å². The number of carbonyl (C=O) groups excluding carboxylic acids is 1. The van der Waals surface area contributed by atoms with Crippen molar-refractivity contribution in [1.82, 2.24) is 8.87 Å². The molecule has 170 valence electrons. The average molecular weight is 537 g/mol. The van der Waals surface area contributed by atoms with Gasteiger partial charge in [-0.2, -0.15) is 9.30 Å². The van der Waals surface area contributed by atoms with Gasteiger partial charge in [-0.1, -0.05) is 40.6 Å². The molecule has 32 heavy (non-hydrogen) atoms. The monoisotopic (exact) mass is 535 g/mol. The molecule has 4 rings (SSSR count). The predicted molar refractivity (Wildman–Crippen MR) is 131 cm³/mol. The minimum Gasteiger partial charge on any atom is -0.317 e. The standard InChI is InChI=1S/C23H26BrN3O3S2/c1-3-18-7-5-6-14-27(18)32(29,30)19-11-8-16(9-12-19)22(28)25-23-26(4-2)20-13-10-17(24)15-21(20)31-23/h8-13,15,18H,3-7,14H2,1-2H3. The first-order chi connectivity index (χ1) is 15.3. The van der Waals surface area contributed by atoms with Gasteiger partial charge < -0.3 is 4.57 Å². The lowest BCUT2D eigenvalue weighted by atomic mass is 10.0. The van der Waals surface area contributed by atoms with Gasteiger partial charge in [0.05, 0.1) is 15.1 Å². The highest BCUT2D eigenvalue weighted by Gasteiger charge is 2.32. The van der Waals surface area contributed by atoms with Crippen molar-refractivity contribution >= 4 is 53.4 Å². The molecule has 1 saturated heterocycles. The van der Waals surface area contributed by atoms with Crippen LogP contribution in [0.25, 0.3) is 10.2 Å². The molecule has 0 N–H and O–H groups in total. The number of amides is 1. The fraction of sp³-hybridized carbons (Fsp3) is 0.391. The smallest absolute Gasteiger partial charge is 0.279 e. The molecule has 1 unspecified atom stereocenters. The van der Waals surface area contributed by atoms with Gasteiger partial charge in [0.25, 0.3) is 5.91 Å². The van der Waals surface area contributed by atoms with E-state index < -0.39 is 10.0 Å². The zero-order chi connectivity index (χ0) is 22.9. The summed E-state index contributed by atoms with van der Waals surface area (Å²) in [5.74, 6) is -0.383. The number of sulfonamides is 1. The molecule has 1 amide bonds. The van der Waals surface area contributed by atoms with E-state index in [1.165, 1.54) is 23.5 Å². The van der Waals surface area contributed by atoms with E-state index in [0.29, 0.717) is 23.5 Å². The Hall–Kier alpha value is -1.81. The molecule has 3 aromatic rings. The number of piperidine rings is 1. The Morgan fingerprint density at radius 2 is 1.91 bits per heavy atom. The highest BCUT2D eigenvalue weighted by Crippen LogP contribution is 2.27. The van der Waals surface area contributed by atoms with Crippen LogP contribution in [0, 0.1) is 0 Å². The Bertz CT molecular complexity index is 1310. The molecule has 0 aliphatic carbocycles. The van der Waals surface area contributed by atoms with Crippen LogP contribution in [0.3, 0.4) is 0 Å². The van der Waals surface area contributed by atoms with Gasteiger partial charge in [0, 0.05) is 29.2 Å². The van der Waals surface area contributed by atoms with Crippen molar-refractivity contribution in [3.63, 3.8) is 0 Å². The lowest BCUT2D eigenvalue weighted by molar-refractivity contribution is 0.0997. The first kappa shape index (κ1) is 23.4. The van der Waals surface area contributed by atoms with Gasteiger partial charge in [0.2, 0.25) is 10.0 Å². The number of nitrogens with zero attached hydrogens (tertiary/aromatic N) is 3. The average Bonchev–Trinajstić information content (AvgIpc) is 3.14.